The number of carbonyl (C=O) groups is 2. The quantitative estimate of drug-likeness (QED) is 0.752. The van der Waals surface area contributed by atoms with E-state index in [1.807, 2.05) is 30.3 Å². The summed E-state index contributed by atoms with van der Waals surface area (Å²) in [6, 6.07) is 14.4. The van der Waals surface area contributed by atoms with Crippen LogP contribution in [-0.2, 0) is 9.53 Å². The molecule has 3 rings (SSSR count). The summed E-state index contributed by atoms with van der Waals surface area (Å²) < 4.78 is 6.89. The molecule has 0 aliphatic heterocycles. The molecule has 0 unspecified atom stereocenters. The molecule has 23 heavy (non-hydrogen) atoms. The van der Waals surface area contributed by atoms with E-state index in [0.717, 1.165) is 0 Å². The second-order valence-electron chi connectivity index (χ2n) is 5.00. The molecule has 6 heteroatoms. The van der Waals surface area contributed by atoms with Crippen molar-refractivity contribution in [2.75, 3.05) is 5.32 Å². The van der Waals surface area contributed by atoms with Gasteiger partial charge in [0.1, 0.15) is 5.65 Å². The number of ether oxygens (including phenoxy) is 1. The van der Waals surface area contributed by atoms with Crippen LogP contribution in [0.5, 0.6) is 0 Å². The van der Waals surface area contributed by atoms with Crippen LogP contribution in [0.3, 0.4) is 0 Å². The summed E-state index contributed by atoms with van der Waals surface area (Å²) in [7, 11) is 0. The van der Waals surface area contributed by atoms with E-state index in [0.29, 0.717) is 11.3 Å². The van der Waals surface area contributed by atoms with Gasteiger partial charge in [-0.05, 0) is 31.2 Å². The predicted molar refractivity (Wildman–Crippen MR) is 85.1 cm³/mol. The first kappa shape index (κ1) is 14.8. The van der Waals surface area contributed by atoms with Gasteiger partial charge < -0.3 is 14.5 Å². The van der Waals surface area contributed by atoms with Crippen molar-refractivity contribution in [3.05, 3.63) is 66.6 Å². The summed E-state index contributed by atoms with van der Waals surface area (Å²) in [5.41, 5.74) is 1.45. The summed E-state index contributed by atoms with van der Waals surface area (Å²) in [6.07, 6.45) is 2.43. The van der Waals surface area contributed by atoms with Crippen LogP contribution < -0.4 is 5.32 Å². The van der Waals surface area contributed by atoms with E-state index in [-0.39, 0.29) is 5.69 Å². The summed E-state index contributed by atoms with van der Waals surface area (Å²) >= 11 is 0. The van der Waals surface area contributed by atoms with Crippen molar-refractivity contribution in [2.45, 2.75) is 13.0 Å². The molecule has 1 aromatic carbocycles. The highest BCUT2D eigenvalue weighted by atomic mass is 16.5. The lowest BCUT2D eigenvalue weighted by molar-refractivity contribution is -0.123. The Balaban J connectivity index is 1.65. The van der Waals surface area contributed by atoms with Gasteiger partial charge in [-0.25, -0.2) is 9.78 Å². The zero-order valence-corrected chi connectivity index (χ0v) is 12.5. The van der Waals surface area contributed by atoms with Gasteiger partial charge in [0.15, 0.2) is 11.8 Å². The summed E-state index contributed by atoms with van der Waals surface area (Å²) in [4.78, 5) is 28.3. The van der Waals surface area contributed by atoms with Crippen molar-refractivity contribution in [2.24, 2.45) is 0 Å². The average Bonchev–Trinajstić information content (AvgIpc) is 3.00. The fraction of sp³-hybridized carbons (Fsp3) is 0.118. The molecule has 1 N–H and O–H groups in total. The lowest BCUT2D eigenvalue weighted by atomic mass is 10.3. The number of esters is 1. The minimum absolute atomic E-state index is 0.163. The molecule has 0 fully saturated rings. The Hall–Kier alpha value is -3.15. The smallest absolute Gasteiger partial charge is 0.359 e. The standard InChI is InChI=1S/C17H15N3O3/c1-12(16(21)18-13-7-3-2-4-8-13)23-17(22)14-11-20-10-6-5-9-15(20)19-14/h2-12H,1H3,(H,18,21)/t12-/m1/s1. The maximum Gasteiger partial charge on any atom is 0.359 e. The number of hydrogen-bond acceptors (Lipinski definition) is 4. The van der Waals surface area contributed by atoms with Gasteiger partial charge in [0, 0.05) is 18.1 Å². The highest BCUT2D eigenvalue weighted by Gasteiger charge is 2.20. The van der Waals surface area contributed by atoms with Crippen molar-refractivity contribution in [3.63, 3.8) is 0 Å². The molecular weight excluding hydrogens is 294 g/mol. The van der Waals surface area contributed by atoms with Crippen LogP contribution in [0.4, 0.5) is 5.69 Å². The van der Waals surface area contributed by atoms with Crippen molar-refractivity contribution in [3.8, 4) is 0 Å². The lowest BCUT2D eigenvalue weighted by Crippen LogP contribution is -2.30. The third kappa shape index (κ3) is 3.37. The van der Waals surface area contributed by atoms with E-state index in [2.05, 4.69) is 10.3 Å². The molecule has 0 aliphatic rings. The van der Waals surface area contributed by atoms with Crippen LogP contribution in [-0.4, -0.2) is 27.4 Å². The molecule has 3 aromatic rings. The number of anilines is 1. The van der Waals surface area contributed by atoms with Gasteiger partial charge in [0.05, 0.1) is 0 Å². The lowest BCUT2D eigenvalue weighted by Gasteiger charge is -2.12. The fourth-order valence-corrected chi connectivity index (χ4v) is 2.07. The Morgan fingerprint density at radius 2 is 1.87 bits per heavy atom. The highest BCUT2D eigenvalue weighted by Crippen LogP contribution is 2.09. The maximum atomic E-state index is 12.1. The zero-order valence-electron chi connectivity index (χ0n) is 12.5. The number of amides is 1. The maximum absolute atomic E-state index is 12.1. The molecule has 0 aliphatic carbocycles. The Morgan fingerprint density at radius 1 is 1.13 bits per heavy atom. The van der Waals surface area contributed by atoms with Gasteiger partial charge in [0.25, 0.3) is 5.91 Å². The van der Waals surface area contributed by atoms with Crippen LogP contribution in [0.15, 0.2) is 60.9 Å². The van der Waals surface area contributed by atoms with Gasteiger partial charge in [0.2, 0.25) is 0 Å². The first-order valence-electron chi connectivity index (χ1n) is 7.14. The van der Waals surface area contributed by atoms with Gasteiger partial charge in [-0.1, -0.05) is 24.3 Å². The Labute approximate surface area is 132 Å². The van der Waals surface area contributed by atoms with E-state index in [1.54, 1.807) is 35.0 Å². The first-order chi connectivity index (χ1) is 11.1. The predicted octanol–water partition coefficient (Wildman–Crippen LogP) is 2.52. The molecule has 0 saturated heterocycles. The number of para-hydroxylation sites is 1. The van der Waals surface area contributed by atoms with Crippen molar-refractivity contribution in [1.29, 1.82) is 0 Å². The number of aromatic nitrogens is 2. The van der Waals surface area contributed by atoms with Gasteiger partial charge in [-0.2, -0.15) is 0 Å². The number of fused-ring (bicyclic) bond motifs is 1. The van der Waals surface area contributed by atoms with E-state index < -0.39 is 18.0 Å². The number of nitrogens with zero attached hydrogens (tertiary/aromatic N) is 2. The average molecular weight is 309 g/mol. The SMILES string of the molecule is C[C@@H](OC(=O)c1cn2ccccc2n1)C(=O)Nc1ccccc1. The highest BCUT2D eigenvalue weighted by molar-refractivity contribution is 5.96. The molecule has 116 valence electrons. The third-order valence-corrected chi connectivity index (χ3v) is 3.27. The van der Waals surface area contributed by atoms with Crippen LogP contribution in [0.2, 0.25) is 0 Å². The minimum Gasteiger partial charge on any atom is -0.448 e. The van der Waals surface area contributed by atoms with E-state index in [4.69, 9.17) is 4.74 Å². The molecular formula is C17H15N3O3. The molecule has 2 heterocycles. The van der Waals surface area contributed by atoms with Crippen LogP contribution in [0, 0.1) is 0 Å². The monoisotopic (exact) mass is 309 g/mol. The van der Waals surface area contributed by atoms with Gasteiger partial charge in [-0.15, -0.1) is 0 Å². The largest absolute Gasteiger partial charge is 0.448 e. The molecule has 1 amide bonds. The zero-order chi connectivity index (χ0) is 16.2. The van der Waals surface area contributed by atoms with E-state index in [1.165, 1.54) is 6.92 Å². The summed E-state index contributed by atoms with van der Waals surface area (Å²) in [5.74, 6) is -1.03. The number of benzene rings is 1. The van der Waals surface area contributed by atoms with Gasteiger partial charge >= 0.3 is 5.97 Å². The molecule has 0 bridgehead atoms. The third-order valence-electron chi connectivity index (χ3n) is 3.27. The van der Waals surface area contributed by atoms with Crippen molar-refractivity contribution < 1.29 is 14.3 Å². The Morgan fingerprint density at radius 3 is 2.61 bits per heavy atom. The number of carbonyl (C=O) groups excluding carboxylic acids is 2. The van der Waals surface area contributed by atoms with E-state index >= 15 is 0 Å². The number of pyridine rings is 1. The topological polar surface area (TPSA) is 72.7 Å². The number of hydrogen-bond donors (Lipinski definition) is 1. The normalized spacial score (nSPS) is 11.9. The molecule has 0 spiro atoms. The fourth-order valence-electron chi connectivity index (χ4n) is 2.07. The van der Waals surface area contributed by atoms with Crippen molar-refractivity contribution >= 4 is 23.2 Å². The Kier molecular flexibility index (Phi) is 4.05. The number of imidazole rings is 1. The number of nitrogens with one attached hydrogen (secondary N) is 1. The van der Waals surface area contributed by atoms with Crippen LogP contribution >= 0.6 is 0 Å². The summed E-state index contributed by atoms with van der Waals surface area (Å²) in [6.45, 7) is 1.52. The molecule has 1 atom stereocenters. The van der Waals surface area contributed by atoms with Crippen molar-refractivity contribution in [1.82, 2.24) is 9.38 Å². The molecule has 0 saturated carbocycles. The molecule has 0 radical (unpaired) electrons. The summed E-state index contributed by atoms with van der Waals surface area (Å²) in [5, 5.41) is 2.68. The van der Waals surface area contributed by atoms with Crippen LogP contribution in [0.25, 0.3) is 5.65 Å². The first-order valence-corrected chi connectivity index (χ1v) is 7.14. The minimum atomic E-state index is -0.924. The molecule has 2 aromatic heterocycles. The second-order valence-corrected chi connectivity index (χ2v) is 5.00. The number of rotatable bonds is 4. The second kappa shape index (κ2) is 6.31. The van der Waals surface area contributed by atoms with Crippen LogP contribution in [0.1, 0.15) is 17.4 Å². The molecule has 6 nitrogen and oxygen atoms in total. The van der Waals surface area contributed by atoms with Gasteiger partial charge in [-0.3, -0.25) is 4.79 Å². The Bertz CT molecular complexity index is 809. The van der Waals surface area contributed by atoms with E-state index in [9.17, 15) is 9.59 Å².